The van der Waals surface area contributed by atoms with E-state index in [-0.39, 0.29) is 12.5 Å². The van der Waals surface area contributed by atoms with Crippen molar-refractivity contribution in [2.45, 2.75) is 38.6 Å². The van der Waals surface area contributed by atoms with Gasteiger partial charge in [0.15, 0.2) is 0 Å². The number of rotatable bonds is 5. The van der Waals surface area contributed by atoms with Crippen molar-refractivity contribution in [2.24, 2.45) is 0 Å². The molecule has 0 spiro atoms. The summed E-state index contributed by atoms with van der Waals surface area (Å²) in [4.78, 5) is 19.2. The van der Waals surface area contributed by atoms with E-state index in [1.165, 1.54) is 10.6 Å². The van der Waals surface area contributed by atoms with Crippen LogP contribution in [0.3, 0.4) is 0 Å². The topological polar surface area (TPSA) is 100 Å². The van der Waals surface area contributed by atoms with E-state index in [0.29, 0.717) is 30.2 Å². The largest absolute Gasteiger partial charge is 0.481 e. The third-order valence-corrected chi connectivity index (χ3v) is 4.77. The van der Waals surface area contributed by atoms with Crippen molar-refractivity contribution in [3.63, 3.8) is 0 Å². The van der Waals surface area contributed by atoms with Crippen LogP contribution in [0.25, 0.3) is 0 Å². The minimum absolute atomic E-state index is 0.00362. The van der Waals surface area contributed by atoms with Crippen molar-refractivity contribution >= 4 is 16.0 Å². The van der Waals surface area contributed by atoms with Crippen molar-refractivity contribution in [2.75, 3.05) is 12.8 Å². The van der Waals surface area contributed by atoms with Gasteiger partial charge in [0, 0.05) is 18.7 Å². The predicted octanol–water partition coefficient (Wildman–Crippen LogP) is 0.899. The average Bonchev–Trinajstić information content (AvgIpc) is 2.84. The lowest BCUT2D eigenvalue weighted by Crippen LogP contribution is -2.30. The standard InChI is InChI=1S/C13H19N3O4S/c1-9-14-10(5-6-13(17)18)8-11(15-9)12-4-3-7-16(12)21(2,19)20/h8,12H,3-7H2,1-2H3,(H,17,18). The molecular weight excluding hydrogens is 294 g/mol. The number of sulfonamides is 1. The summed E-state index contributed by atoms with van der Waals surface area (Å²) in [5.41, 5.74) is 1.30. The Morgan fingerprint density at radius 1 is 1.48 bits per heavy atom. The van der Waals surface area contributed by atoms with Crippen LogP contribution >= 0.6 is 0 Å². The minimum Gasteiger partial charge on any atom is -0.481 e. The van der Waals surface area contributed by atoms with Crippen molar-refractivity contribution in [3.8, 4) is 0 Å². The van der Waals surface area contributed by atoms with Crippen molar-refractivity contribution in [1.82, 2.24) is 14.3 Å². The first-order valence-electron chi connectivity index (χ1n) is 6.80. The number of aliphatic carboxylic acids is 1. The number of aromatic nitrogens is 2. The zero-order valence-corrected chi connectivity index (χ0v) is 12.9. The molecule has 7 nitrogen and oxygen atoms in total. The van der Waals surface area contributed by atoms with Gasteiger partial charge in [-0.2, -0.15) is 4.31 Å². The first-order chi connectivity index (χ1) is 9.77. The van der Waals surface area contributed by atoms with Gasteiger partial charge in [-0.1, -0.05) is 0 Å². The van der Waals surface area contributed by atoms with Crippen LogP contribution in [0.1, 0.15) is 42.5 Å². The van der Waals surface area contributed by atoms with Gasteiger partial charge >= 0.3 is 5.97 Å². The summed E-state index contributed by atoms with van der Waals surface area (Å²) in [6, 6.07) is 1.45. The van der Waals surface area contributed by atoms with E-state index in [1.54, 1.807) is 13.0 Å². The van der Waals surface area contributed by atoms with E-state index >= 15 is 0 Å². The zero-order chi connectivity index (χ0) is 15.6. The highest BCUT2D eigenvalue weighted by molar-refractivity contribution is 7.88. The molecule has 1 unspecified atom stereocenters. The van der Waals surface area contributed by atoms with Crippen LogP contribution in [0, 0.1) is 6.92 Å². The molecule has 1 aliphatic rings. The Hall–Kier alpha value is -1.54. The summed E-state index contributed by atoms with van der Waals surface area (Å²) in [6.45, 7) is 2.23. The number of hydrogen-bond donors (Lipinski definition) is 1. The maximum atomic E-state index is 11.8. The molecule has 1 N–H and O–H groups in total. The maximum Gasteiger partial charge on any atom is 0.303 e. The molecule has 1 fully saturated rings. The van der Waals surface area contributed by atoms with Crippen LogP contribution in [-0.2, 0) is 21.2 Å². The van der Waals surface area contributed by atoms with E-state index in [4.69, 9.17) is 5.11 Å². The highest BCUT2D eigenvalue weighted by atomic mass is 32.2. The van der Waals surface area contributed by atoms with Gasteiger partial charge in [0.1, 0.15) is 5.82 Å². The summed E-state index contributed by atoms with van der Waals surface area (Å²) in [5, 5.41) is 8.74. The van der Waals surface area contributed by atoms with Crippen molar-refractivity contribution < 1.29 is 18.3 Å². The maximum absolute atomic E-state index is 11.8. The molecule has 0 bridgehead atoms. The second kappa shape index (κ2) is 6.07. The number of nitrogens with zero attached hydrogens (tertiary/aromatic N) is 3. The molecule has 0 aliphatic carbocycles. The monoisotopic (exact) mass is 313 g/mol. The Bertz CT molecular complexity index is 645. The molecule has 1 atom stereocenters. The van der Waals surface area contributed by atoms with Gasteiger partial charge < -0.3 is 5.11 Å². The molecule has 1 aliphatic heterocycles. The summed E-state index contributed by atoms with van der Waals surface area (Å²) in [5.74, 6) is -0.348. The fraction of sp³-hybridized carbons (Fsp3) is 0.615. The predicted molar refractivity (Wildman–Crippen MR) is 76.3 cm³/mol. The highest BCUT2D eigenvalue weighted by Gasteiger charge is 2.33. The third kappa shape index (κ3) is 3.98. The second-order valence-corrected chi connectivity index (χ2v) is 7.19. The molecule has 1 aromatic heterocycles. The zero-order valence-electron chi connectivity index (χ0n) is 12.1. The summed E-state index contributed by atoms with van der Waals surface area (Å²) in [7, 11) is -3.27. The van der Waals surface area contributed by atoms with E-state index in [0.717, 1.165) is 12.8 Å². The van der Waals surface area contributed by atoms with Crippen LogP contribution in [0.5, 0.6) is 0 Å². The van der Waals surface area contributed by atoms with E-state index < -0.39 is 16.0 Å². The van der Waals surface area contributed by atoms with Crippen molar-refractivity contribution in [3.05, 3.63) is 23.3 Å². The highest BCUT2D eigenvalue weighted by Crippen LogP contribution is 2.33. The number of carboxylic acids is 1. The Kier molecular flexibility index (Phi) is 4.58. The van der Waals surface area contributed by atoms with Crippen LogP contribution in [0.15, 0.2) is 6.07 Å². The Morgan fingerprint density at radius 2 is 2.19 bits per heavy atom. The summed E-state index contributed by atoms with van der Waals surface area (Å²) in [6.07, 6.45) is 3.03. The van der Waals surface area contributed by atoms with Gasteiger partial charge in [-0.05, 0) is 25.8 Å². The van der Waals surface area contributed by atoms with Gasteiger partial charge in [-0.25, -0.2) is 18.4 Å². The normalized spacial score (nSPS) is 19.8. The molecule has 0 saturated carbocycles. The first-order valence-corrected chi connectivity index (χ1v) is 8.65. The number of carbonyl (C=O) groups is 1. The number of aryl methyl sites for hydroxylation is 2. The van der Waals surface area contributed by atoms with Crippen LogP contribution in [-0.4, -0.2) is 46.6 Å². The third-order valence-electron chi connectivity index (χ3n) is 3.48. The lowest BCUT2D eigenvalue weighted by Gasteiger charge is -2.22. The molecule has 21 heavy (non-hydrogen) atoms. The molecule has 1 saturated heterocycles. The molecule has 2 rings (SSSR count). The number of carboxylic acid groups (broad SMARTS) is 1. The Labute approximate surface area is 124 Å². The molecular formula is C13H19N3O4S. The smallest absolute Gasteiger partial charge is 0.303 e. The fourth-order valence-corrected chi connectivity index (χ4v) is 3.76. The Balaban J connectivity index is 2.28. The SMILES string of the molecule is Cc1nc(CCC(=O)O)cc(C2CCCN2S(C)(=O)=O)n1. The number of hydrogen-bond acceptors (Lipinski definition) is 5. The van der Waals surface area contributed by atoms with Crippen LogP contribution in [0.2, 0.25) is 0 Å². The lowest BCUT2D eigenvalue weighted by atomic mass is 10.1. The molecule has 116 valence electrons. The Morgan fingerprint density at radius 3 is 2.81 bits per heavy atom. The lowest BCUT2D eigenvalue weighted by molar-refractivity contribution is -0.136. The van der Waals surface area contributed by atoms with Gasteiger partial charge in [0.25, 0.3) is 0 Å². The summed E-state index contributed by atoms with van der Waals surface area (Å²) < 4.78 is 25.1. The molecule has 8 heteroatoms. The molecule has 0 amide bonds. The van der Waals surface area contributed by atoms with E-state index in [9.17, 15) is 13.2 Å². The van der Waals surface area contributed by atoms with E-state index in [2.05, 4.69) is 9.97 Å². The van der Waals surface area contributed by atoms with Crippen LogP contribution in [0.4, 0.5) is 0 Å². The fourth-order valence-electron chi connectivity index (χ4n) is 2.62. The van der Waals surface area contributed by atoms with Gasteiger partial charge in [0.2, 0.25) is 10.0 Å². The molecule has 0 aromatic carbocycles. The molecule has 0 radical (unpaired) electrons. The summed E-state index contributed by atoms with van der Waals surface area (Å²) >= 11 is 0. The molecule has 2 heterocycles. The van der Waals surface area contributed by atoms with Gasteiger partial charge in [0.05, 0.1) is 24.4 Å². The second-order valence-electron chi connectivity index (χ2n) is 5.26. The molecule has 1 aromatic rings. The van der Waals surface area contributed by atoms with Crippen molar-refractivity contribution in [1.29, 1.82) is 0 Å². The van der Waals surface area contributed by atoms with Gasteiger partial charge in [-0.15, -0.1) is 0 Å². The average molecular weight is 313 g/mol. The first kappa shape index (κ1) is 15.8. The minimum atomic E-state index is -3.27. The quantitative estimate of drug-likeness (QED) is 0.866. The van der Waals surface area contributed by atoms with Crippen LogP contribution < -0.4 is 0 Å². The van der Waals surface area contributed by atoms with Gasteiger partial charge in [-0.3, -0.25) is 4.79 Å². The van der Waals surface area contributed by atoms with E-state index in [1.807, 2.05) is 0 Å².